The minimum atomic E-state index is -0.134. The van der Waals surface area contributed by atoms with Crippen molar-refractivity contribution in [2.75, 3.05) is 5.32 Å². The van der Waals surface area contributed by atoms with Crippen LogP contribution >= 0.6 is 11.8 Å². The molecule has 3 rings (SSSR count). The second-order valence-electron chi connectivity index (χ2n) is 5.34. The number of thioether (sulfide) groups is 1. The van der Waals surface area contributed by atoms with Crippen molar-refractivity contribution in [3.63, 3.8) is 0 Å². The van der Waals surface area contributed by atoms with Crippen molar-refractivity contribution >= 4 is 23.4 Å². The average molecular weight is 339 g/mol. The van der Waals surface area contributed by atoms with E-state index >= 15 is 0 Å². The first-order valence-corrected chi connectivity index (χ1v) is 8.49. The van der Waals surface area contributed by atoms with Gasteiger partial charge in [0.05, 0.1) is 11.3 Å². The Bertz CT molecular complexity index is 861. The summed E-state index contributed by atoms with van der Waals surface area (Å²) in [6.45, 7) is 3.77. The Morgan fingerprint density at radius 3 is 2.75 bits per heavy atom. The van der Waals surface area contributed by atoms with Gasteiger partial charge in [-0.15, -0.1) is 11.8 Å². The van der Waals surface area contributed by atoms with Crippen LogP contribution in [-0.2, 0) is 5.75 Å². The molecule has 0 aliphatic carbocycles. The predicted octanol–water partition coefficient (Wildman–Crippen LogP) is 4.23. The van der Waals surface area contributed by atoms with E-state index in [1.165, 1.54) is 11.8 Å². The summed E-state index contributed by atoms with van der Waals surface area (Å²) in [7, 11) is 0. The van der Waals surface area contributed by atoms with E-state index in [-0.39, 0.29) is 5.91 Å². The number of benzene rings is 2. The maximum absolute atomic E-state index is 12.6. The lowest BCUT2D eigenvalue weighted by Gasteiger charge is -2.09. The molecule has 0 saturated heterocycles. The number of amides is 1. The lowest BCUT2D eigenvalue weighted by Crippen LogP contribution is -2.13. The first kappa shape index (κ1) is 16.3. The van der Waals surface area contributed by atoms with Crippen LogP contribution in [0.2, 0.25) is 0 Å². The Morgan fingerprint density at radius 2 is 2.00 bits per heavy atom. The predicted molar refractivity (Wildman–Crippen MR) is 94.2 cm³/mol. The highest BCUT2D eigenvalue weighted by molar-refractivity contribution is 7.98. The standard InChI is InChI=1S/C18H17N3O2S/c1-12-6-5-7-14(10-12)20-18(22)15-8-3-4-9-16(15)24-11-17-19-13(2)21-23-17/h3-10H,11H2,1-2H3,(H,20,22). The lowest BCUT2D eigenvalue weighted by molar-refractivity contribution is 0.102. The van der Waals surface area contributed by atoms with Gasteiger partial charge >= 0.3 is 0 Å². The Hall–Kier alpha value is -2.60. The zero-order valence-electron chi connectivity index (χ0n) is 13.4. The summed E-state index contributed by atoms with van der Waals surface area (Å²) in [6.07, 6.45) is 0. The van der Waals surface area contributed by atoms with Crippen molar-refractivity contribution in [2.24, 2.45) is 0 Å². The van der Waals surface area contributed by atoms with Crippen LogP contribution in [0.4, 0.5) is 5.69 Å². The molecule has 122 valence electrons. The van der Waals surface area contributed by atoms with Gasteiger partial charge < -0.3 is 9.84 Å². The van der Waals surface area contributed by atoms with Crippen molar-refractivity contribution in [1.29, 1.82) is 0 Å². The third kappa shape index (κ3) is 4.02. The third-order valence-electron chi connectivity index (χ3n) is 3.33. The maximum atomic E-state index is 12.6. The highest BCUT2D eigenvalue weighted by Gasteiger charge is 2.13. The molecular weight excluding hydrogens is 322 g/mol. The number of rotatable bonds is 5. The van der Waals surface area contributed by atoms with Crippen LogP contribution in [0.25, 0.3) is 0 Å². The highest BCUT2D eigenvalue weighted by atomic mass is 32.2. The van der Waals surface area contributed by atoms with Crippen LogP contribution < -0.4 is 5.32 Å². The van der Waals surface area contributed by atoms with E-state index < -0.39 is 0 Å². The number of anilines is 1. The molecule has 0 unspecified atom stereocenters. The van der Waals surface area contributed by atoms with Crippen molar-refractivity contribution < 1.29 is 9.32 Å². The van der Waals surface area contributed by atoms with Gasteiger partial charge in [0.2, 0.25) is 5.89 Å². The van der Waals surface area contributed by atoms with E-state index in [1.54, 1.807) is 6.92 Å². The first-order chi connectivity index (χ1) is 11.6. The molecule has 1 N–H and O–H groups in total. The highest BCUT2D eigenvalue weighted by Crippen LogP contribution is 2.26. The summed E-state index contributed by atoms with van der Waals surface area (Å²) < 4.78 is 5.11. The second-order valence-corrected chi connectivity index (χ2v) is 6.36. The number of carbonyl (C=O) groups excluding carboxylic acids is 1. The monoisotopic (exact) mass is 339 g/mol. The zero-order chi connectivity index (χ0) is 16.9. The molecule has 0 bridgehead atoms. The summed E-state index contributed by atoms with van der Waals surface area (Å²) in [5.41, 5.74) is 2.51. The summed E-state index contributed by atoms with van der Waals surface area (Å²) in [4.78, 5) is 17.6. The van der Waals surface area contributed by atoms with Crippen molar-refractivity contribution in [2.45, 2.75) is 24.5 Å². The van der Waals surface area contributed by atoms with Gasteiger partial charge in [-0.25, -0.2) is 0 Å². The molecule has 0 fully saturated rings. The molecule has 5 nitrogen and oxygen atoms in total. The Kier molecular flexibility index (Phi) is 4.96. The van der Waals surface area contributed by atoms with Gasteiger partial charge in [-0.3, -0.25) is 4.79 Å². The number of hydrogen-bond donors (Lipinski definition) is 1. The quantitative estimate of drug-likeness (QED) is 0.705. The molecule has 24 heavy (non-hydrogen) atoms. The van der Waals surface area contributed by atoms with Crippen molar-refractivity contribution in [3.05, 3.63) is 71.4 Å². The van der Waals surface area contributed by atoms with Crippen molar-refractivity contribution in [3.8, 4) is 0 Å². The van der Waals surface area contributed by atoms with Gasteiger partial charge in [0.15, 0.2) is 5.82 Å². The maximum Gasteiger partial charge on any atom is 0.256 e. The number of hydrogen-bond acceptors (Lipinski definition) is 5. The second kappa shape index (κ2) is 7.31. The van der Waals surface area contributed by atoms with E-state index in [1.807, 2.05) is 55.5 Å². The number of nitrogens with one attached hydrogen (secondary N) is 1. The molecule has 0 atom stereocenters. The van der Waals surface area contributed by atoms with E-state index in [4.69, 9.17) is 4.52 Å². The fraction of sp³-hybridized carbons (Fsp3) is 0.167. The largest absolute Gasteiger partial charge is 0.338 e. The van der Waals surface area contributed by atoms with Crippen LogP contribution in [0, 0.1) is 13.8 Å². The normalized spacial score (nSPS) is 10.6. The Balaban J connectivity index is 1.74. The van der Waals surface area contributed by atoms with Crippen molar-refractivity contribution in [1.82, 2.24) is 10.1 Å². The molecule has 1 heterocycles. The van der Waals surface area contributed by atoms with Gasteiger partial charge in [0.25, 0.3) is 5.91 Å². The Morgan fingerprint density at radius 1 is 1.17 bits per heavy atom. The average Bonchev–Trinajstić information content (AvgIpc) is 2.99. The number of aromatic nitrogens is 2. The SMILES string of the molecule is Cc1cccc(NC(=O)c2ccccc2SCc2nc(C)no2)c1. The van der Waals surface area contributed by atoms with E-state index in [2.05, 4.69) is 15.5 Å². The fourth-order valence-electron chi connectivity index (χ4n) is 2.24. The van der Waals surface area contributed by atoms with E-state index in [9.17, 15) is 4.79 Å². The minimum Gasteiger partial charge on any atom is -0.338 e. The zero-order valence-corrected chi connectivity index (χ0v) is 14.3. The van der Waals surface area contributed by atoms with Crippen LogP contribution in [0.1, 0.15) is 27.6 Å². The number of aryl methyl sites for hydroxylation is 2. The molecular formula is C18H17N3O2S. The topological polar surface area (TPSA) is 68.0 Å². The number of carbonyl (C=O) groups is 1. The first-order valence-electron chi connectivity index (χ1n) is 7.51. The summed E-state index contributed by atoms with van der Waals surface area (Å²) in [6, 6.07) is 15.2. The lowest BCUT2D eigenvalue weighted by atomic mass is 10.2. The van der Waals surface area contributed by atoms with Crippen LogP contribution in [-0.4, -0.2) is 16.0 Å². The van der Waals surface area contributed by atoms with Gasteiger partial charge in [-0.05, 0) is 43.7 Å². The minimum absolute atomic E-state index is 0.134. The van der Waals surface area contributed by atoms with E-state index in [0.717, 1.165) is 16.1 Å². The molecule has 1 aromatic heterocycles. The molecule has 3 aromatic rings. The number of nitrogens with zero attached hydrogens (tertiary/aromatic N) is 2. The van der Waals surface area contributed by atoms with Gasteiger partial charge in [-0.2, -0.15) is 4.98 Å². The summed E-state index contributed by atoms with van der Waals surface area (Å²) in [5, 5.41) is 6.71. The van der Waals surface area contributed by atoms with Crippen LogP contribution in [0.15, 0.2) is 57.9 Å². The van der Waals surface area contributed by atoms with Crippen LogP contribution in [0.3, 0.4) is 0 Å². The fourth-order valence-corrected chi connectivity index (χ4v) is 3.13. The molecule has 0 radical (unpaired) electrons. The van der Waals surface area contributed by atoms with Gasteiger partial charge in [0, 0.05) is 10.6 Å². The van der Waals surface area contributed by atoms with Gasteiger partial charge in [-0.1, -0.05) is 29.4 Å². The molecule has 0 aliphatic heterocycles. The third-order valence-corrected chi connectivity index (χ3v) is 4.39. The smallest absolute Gasteiger partial charge is 0.256 e. The summed E-state index contributed by atoms with van der Waals surface area (Å²) in [5.74, 6) is 1.54. The van der Waals surface area contributed by atoms with Crippen LogP contribution in [0.5, 0.6) is 0 Å². The van der Waals surface area contributed by atoms with E-state index in [0.29, 0.717) is 23.0 Å². The molecule has 2 aromatic carbocycles. The molecule has 1 amide bonds. The van der Waals surface area contributed by atoms with Gasteiger partial charge in [0.1, 0.15) is 0 Å². The molecule has 6 heteroatoms. The molecule has 0 saturated carbocycles. The Labute approximate surface area is 144 Å². The summed E-state index contributed by atoms with van der Waals surface area (Å²) >= 11 is 1.50. The molecule has 0 spiro atoms. The molecule has 0 aliphatic rings.